The van der Waals surface area contributed by atoms with Gasteiger partial charge in [0.25, 0.3) is 0 Å². The molecule has 3 saturated carbocycles. The van der Waals surface area contributed by atoms with E-state index in [1.807, 2.05) is 6.08 Å². The molecule has 9 heteroatoms. The van der Waals surface area contributed by atoms with Crippen LogP contribution in [0.25, 0.3) is 0 Å². The molecule has 0 radical (unpaired) electrons. The van der Waals surface area contributed by atoms with Crippen LogP contribution in [0.4, 0.5) is 0 Å². The fourth-order valence-electron chi connectivity index (χ4n) is 9.34. The third kappa shape index (κ3) is 6.07. The molecular formula is C35H45NO8. The number of nitrogens with one attached hydrogen (secondary N) is 1. The van der Waals surface area contributed by atoms with Crippen molar-refractivity contribution in [3.63, 3.8) is 0 Å². The van der Waals surface area contributed by atoms with Crippen molar-refractivity contribution < 1.29 is 38.6 Å². The van der Waals surface area contributed by atoms with Crippen molar-refractivity contribution in [3.8, 4) is 5.75 Å². The Morgan fingerprint density at radius 2 is 1.77 bits per heavy atom. The van der Waals surface area contributed by atoms with Crippen LogP contribution in [0.3, 0.4) is 0 Å². The lowest BCUT2D eigenvalue weighted by Crippen LogP contribution is -2.58. The molecule has 44 heavy (non-hydrogen) atoms. The number of benzene rings is 1. The minimum atomic E-state index is -0.948. The van der Waals surface area contributed by atoms with Gasteiger partial charge in [0.2, 0.25) is 5.91 Å². The summed E-state index contributed by atoms with van der Waals surface area (Å²) < 4.78 is 11.1. The second-order valence-electron chi connectivity index (χ2n) is 13.9. The van der Waals surface area contributed by atoms with Crippen LogP contribution < -0.4 is 5.32 Å². The lowest BCUT2D eigenvalue weighted by Gasteiger charge is -2.60. The number of Topliss-reactive ketones (excluding diaryl/α,β-unsaturated/α-hetero) is 1. The van der Waals surface area contributed by atoms with Gasteiger partial charge >= 0.3 is 11.9 Å². The Labute approximate surface area is 259 Å². The molecule has 3 fully saturated rings. The van der Waals surface area contributed by atoms with Crippen LogP contribution in [0, 0.1) is 34.5 Å². The van der Waals surface area contributed by atoms with E-state index in [-0.39, 0.29) is 65.2 Å². The first-order valence-electron chi connectivity index (χ1n) is 15.9. The Balaban J connectivity index is 1.29. The molecule has 0 spiro atoms. The predicted octanol–water partition coefficient (Wildman–Crippen LogP) is 4.63. The number of ketones is 2. The number of hydrogen-bond donors (Lipinski definition) is 2. The molecule has 0 aromatic heterocycles. The second-order valence-corrected chi connectivity index (χ2v) is 13.9. The van der Waals surface area contributed by atoms with E-state index >= 15 is 0 Å². The molecule has 5 rings (SSSR count). The van der Waals surface area contributed by atoms with Gasteiger partial charge in [0.05, 0.1) is 13.5 Å². The summed E-state index contributed by atoms with van der Waals surface area (Å²) in [5.74, 6) is -0.498. The van der Waals surface area contributed by atoms with Gasteiger partial charge in [-0.15, -0.1) is 0 Å². The number of hydrogen-bond acceptors (Lipinski definition) is 8. The number of ether oxygens (including phenoxy) is 2. The Hall–Kier alpha value is -3.49. The molecular weight excluding hydrogens is 562 g/mol. The van der Waals surface area contributed by atoms with E-state index in [4.69, 9.17) is 9.47 Å². The molecule has 0 bridgehead atoms. The Bertz CT molecular complexity index is 1350. The SMILES string of the molecule is COC(=O)C(Cc1ccc(O)cc1)NC(=O)CCC(=O)OC1CC2(C)C(C(C)=O)CCC2C2CCC3=CC(=O)CCC3(C)C12. The van der Waals surface area contributed by atoms with E-state index in [2.05, 4.69) is 19.2 Å². The highest BCUT2D eigenvalue weighted by molar-refractivity contribution is 5.91. The average Bonchev–Trinajstić information content (AvgIpc) is 3.33. The number of rotatable bonds is 9. The number of phenols is 1. The average molecular weight is 608 g/mol. The third-order valence-electron chi connectivity index (χ3n) is 11.4. The van der Waals surface area contributed by atoms with Crippen molar-refractivity contribution in [2.24, 2.45) is 34.5 Å². The van der Waals surface area contributed by atoms with Gasteiger partial charge in [-0.2, -0.15) is 0 Å². The fraction of sp³-hybridized carbons (Fsp3) is 0.629. The zero-order valence-corrected chi connectivity index (χ0v) is 26.2. The van der Waals surface area contributed by atoms with E-state index in [9.17, 15) is 29.1 Å². The normalized spacial score (nSPS) is 33.1. The number of amides is 1. The molecule has 238 valence electrons. The quantitative estimate of drug-likeness (QED) is 0.388. The van der Waals surface area contributed by atoms with Crippen LogP contribution in [0.15, 0.2) is 35.9 Å². The Morgan fingerprint density at radius 3 is 2.45 bits per heavy atom. The summed E-state index contributed by atoms with van der Waals surface area (Å²) in [6.45, 7) is 6.08. The van der Waals surface area contributed by atoms with Gasteiger partial charge in [-0.05, 0) is 91.9 Å². The van der Waals surface area contributed by atoms with Crippen molar-refractivity contribution in [2.75, 3.05) is 7.11 Å². The van der Waals surface area contributed by atoms with Gasteiger partial charge in [-0.3, -0.25) is 19.2 Å². The minimum Gasteiger partial charge on any atom is -0.508 e. The lowest BCUT2D eigenvalue weighted by atomic mass is 9.46. The van der Waals surface area contributed by atoms with Crippen LogP contribution in [0.5, 0.6) is 5.75 Å². The smallest absolute Gasteiger partial charge is 0.328 e. The van der Waals surface area contributed by atoms with Crippen molar-refractivity contribution in [1.29, 1.82) is 0 Å². The molecule has 1 aromatic carbocycles. The highest BCUT2D eigenvalue weighted by atomic mass is 16.5. The van der Waals surface area contributed by atoms with E-state index in [1.54, 1.807) is 19.1 Å². The monoisotopic (exact) mass is 607 g/mol. The van der Waals surface area contributed by atoms with Crippen molar-refractivity contribution in [3.05, 3.63) is 41.5 Å². The van der Waals surface area contributed by atoms with E-state index in [0.29, 0.717) is 18.8 Å². The standard InChI is InChI=1S/C35H45NO8/c1-20(37)26-11-12-27-25-10-7-22-18-24(39)15-16-34(22,2)32(25)29(19-35(26,27)3)44-31(41)14-13-30(40)36-28(33(42)43-4)17-21-5-8-23(38)9-6-21/h5-6,8-9,18,25-29,32,38H,7,10-17,19H2,1-4H3,(H,36,40). The molecule has 2 N–H and O–H groups in total. The van der Waals surface area contributed by atoms with E-state index in [0.717, 1.165) is 43.2 Å². The van der Waals surface area contributed by atoms with Crippen LogP contribution in [0.1, 0.15) is 84.1 Å². The van der Waals surface area contributed by atoms with Gasteiger partial charge < -0.3 is 19.9 Å². The Kier molecular flexibility index (Phi) is 9.06. The highest BCUT2D eigenvalue weighted by Gasteiger charge is 2.63. The summed E-state index contributed by atoms with van der Waals surface area (Å²) in [5, 5.41) is 12.2. The lowest BCUT2D eigenvalue weighted by molar-refractivity contribution is -0.178. The summed E-state index contributed by atoms with van der Waals surface area (Å²) in [6, 6.07) is 5.37. The topological polar surface area (TPSA) is 136 Å². The van der Waals surface area contributed by atoms with Gasteiger partial charge in [-0.1, -0.05) is 31.6 Å². The number of esters is 2. The molecule has 0 heterocycles. The summed E-state index contributed by atoms with van der Waals surface area (Å²) >= 11 is 0. The number of fused-ring (bicyclic) bond motifs is 5. The Morgan fingerprint density at radius 1 is 1.05 bits per heavy atom. The molecule has 9 nitrogen and oxygen atoms in total. The molecule has 4 aliphatic rings. The van der Waals surface area contributed by atoms with Crippen LogP contribution >= 0.6 is 0 Å². The zero-order chi connectivity index (χ0) is 31.8. The maximum Gasteiger partial charge on any atom is 0.328 e. The first-order valence-corrected chi connectivity index (χ1v) is 15.9. The summed E-state index contributed by atoms with van der Waals surface area (Å²) in [7, 11) is 1.24. The minimum absolute atomic E-state index is 0.0474. The largest absolute Gasteiger partial charge is 0.508 e. The van der Waals surface area contributed by atoms with E-state index < -0.39 is 30.0 Å². The maximum atomic E-state index is 13.4. The molecule has 1 amide bonds. The zero-order valence-electron chi connectivity index (χ0n) is 26.2. The molecule has 8 unspecified atom stereocenters. The molecule has 8 atom stereocenters. The predicted molar refractivity (Wildman–Crippen MR) is 161 cm³/mol. The van der Waals surface area contributed by atoms with Crippen LogP contribution in [-0.4, -0.2) is 53.8 Å². The number of aromatic hydroxyl groups is 1. The number of allylic oxidation sites excluding steroid dienone is 1. The molecule has 4 aliphatic carbocycles. The second kappa shape index (κ2) is 12.5. The first-order chi connectivity index (χ1) is 20.9. The third-order valence-corrected chi connectivity index (χ3v) is 11.4. The fourth-order valence-corrected chi connectivity index (χ4v) is 9.34. The van der Waals surface area contributed by atoms with Crippen molar-refractivity contribution >= 4 is 29.4 Å². The van der Waals surface area contributed by atoms with Crippen molar-refractivity contribution in [1.82, 2.24) is 5.32 Å². The summed E-state index contributed by atoms with van der Waals surface area (Å²) in [4.78, 5) is 63.7. The van der Waals surface area contributed by atoms with Crippen LogP contribution in [-0.2, 0) is 39.9 Å². The van der Waals surface area contributed by atoms with Gasteiger partial charge in [0.15, 0.2) is 5.78 Å². The van der Waals surface area contributed by atoms with Crippen molar-refractivity contribution in [2.45, 2.75) is 97.1 Å². The number of phenolic OH excluding ortho intramolecular Hbond substituents is 1. The first kappa shape index (κ1) is 31.9. The summed E-state index contributed by atoms with van der Waals surface area (Å²) in [5.41, 5.74) is 1.37. The number of carbonyl (C=O) groups is 5. The number of methoxy groups -OCH3 is 1. The van der Waals surface area contributed by atoms with Gasteiger partial charge in [0.1, 0.15) is 23.7 Å². The van der Waals surface area contributed by atoms with Gasteiger partial charge in [-0.25, -0.2) is 4.79 Å². The molecule has 0 saturated heterocycles. The van der Waals surface area contributed by atoms with Gasteiger partial charge in [0, 0.05) is 31.1 Å². The highest BCUT2D eigenvalue weighted by Crippen LogP contribution is 2.67. The van der Waals surface area contributed by atoms with E-state index in [1.165, 1.54) is 19.2 Å². The molecule has 0 aliphatic heterocycles. The molecule has 1 aromatic rings. The summed E-state index contributed by atoms with van der Waals surface area (Å²) in [6.07, 6.45) is 6.66. The maximum absolute atomic E-state index is 13.4. The van der Waals surface area contributed by atoms with Crippen LogP contribution in [0.2, 0.25) is 0 Å². The number of carbonyl (C=O) groups excluding carboxylic acids is 5.